The summed E-state index contributed by atoms with van der Waals surface area (Å²) in [6.07, 6.45) is 5.18. The highest BCUT2D eigenvalue weighted by Crippen LogP contribution is 2.29. The maximum absolute atomic E-state index is 12.6. The van der Waals surface area contributed by atoms with Gasteiger partial charge in [0.05, 0.1) is 5.92 Å². The lowest BCUT2D eigenvalue weighted by Gasteiger charge is -2.30. The van der Waals surface area contributed by atoms with Gasteiger partial charge in [-0.05, 0) is 42.0 Å². The number of hydrogen-bond acceptors (Lipinski definition) is 5. The lowest BCUT2D eigenvalue weighted by atomic mass is 9.98. The molecule has 27 heavy (non-hydrogen) atoms. The zero-order chi connectivity index (χ0) is 18.6. The van der Waals surface area contributed by atoms with E-state index in [4.69, 9.17) is 16.0 Å². The minimum atomic E-state index is -0.0304. The van der Waals surface area contributed by atoms with Crippen LogP contribution in [0.3, 0.4) is 0 Å². The van der Waals surface area contributed by atoms with E-state index >= 15 is 0 Å². The van der Waals surface area contributed by atoms with Crippen LogP contribution in [0.4, 0.5) is 0 Å². The van der Waals surface area contributed by atoms with Crippen LogP contribution in [0.1, 0.15) is 30.2 Å². The predicted molar refractivity (Wildman–Crippen MR) is 107 cm³/mol. The first-order chi connectivity index (χ1) is 13.2. The van der Waals surface area contributed by atoms with Gasteiger partial charge in [-0.25, -0.2) is 0 Å². The monoisotopic (exact) mass is 399 g/mol. The molecule has 0 spiro atoms. The molecule has 1 aliphatic heterocycles. The van der Waals surface area contributed by atoms with Crippen LogP contribution >= 0.6 is 22.9 Å². The summed E-state index contributed by atoms with van der Waals surface area (Å²) in [6.45, 7) is 1.31. The molecule has 1 aromatic carbocycles. The van der Waals surface area contributed by atoms with E-state index in [1.165, 1.54) is 0 Å². The van der Waals surface area contributed by atoms with E-state index in [2.05, 4.69) is 10.2 Å². The molecule has 0 N–H and O–H groups in total. The third-order valence-corrected chi connectivity index (χ3v) is 5.63. The molecule has 4 rings (SSSR count). The Kier molecular flexibility index (Phi) is 5.36. The Labute approximate surface area is 166 Å². The second-order valence-electron chi connectivity index (χ2n) is 6.44. The number of thiophene rings is 1. The quantitative estimate of drug-likeness (QED) is 0.587. The number of carbonyl (C=O) groups excluding carboxylic acids is 1. The fourth-order valence-corrected chi connectivity index (χ4v) is 3.99. The van der Waals surface area contributed by atoms with E-state index in [1.54, 1.807) is 23.5 Å². The Morgan fingerprint density at radius 1 is 1.30 bits per heavy atom. The average molecular weight is 400 g/mol. The standard InChI is InChI=1S/C20H18ClN3O2S/c21-17-6-2-1-4-14(17)7-8-18(25)24-10-3-5-15(12-24)19-22-23-20(26-19)16-9-11-27-13-16/h1-2,4,6-9,11,13,15H,3,5,10,12H2/b8-7+/t15-/m0/s1. The summed E-state index contributed by atoms with van der Waals surface area (Å²) in [6, 6.07) is 9.41. The first-order valence-electron chi connectivity index (χ1n) is 8.78. The van der Waals surface area contributed by atoms with Crippen molar-refractivity contribution >= 4 is 34.9 Å². The second kappa shape index (κ2) is 8.06. The Bertz CT molecular complexity index is 952. The van der Waals surface area contributed by atoms with E-state index in [0.29, 0.717) is 23.3 Å². The number of likely N-dealkylation sites (tertiary alicyclic amines) is 1. The van der Waals surface area contributed by atoms with Crippen molar-refractivity contribution in [1.29, 1.82) is 0 Å². The summed E-state index contributed by atoms with van der Waals surface area (Å²) in [5, 5.41) is 12.9. The number of piperidine rings is 1. The van der Waals surface area contributed by atoms with E-state index < -0.39 is 0 Å². The van der Waals surface area contributed by atoms with Crippen LogP contribution in [0.5, 0.6) is 0 Å². The van der Waals surface area contributed by atoms with Gasteiger partial charge in [0.1, 0.15) is 0 Å². The van der Waals surface area contributed by atoms with Gasteiger partial charge in [0.25, 0.3) is 0 Å². The SMILES string of the molecule is O=C(/C=C/c1ccccc1Cl)N1CCC[C@H](c2nnc(-c3ccsc3)o2)C1. The summed E-state index contributed by atoms with van der Waals surface area (Å²) in [5.41, 5.74) is 1.77. The highest BCUT2D eigenvalue weighted by molar-refractivity contribution is 7.08. The summed E-state index contributed by atoms with van der Waals surface area (Å²) < 4.78 is 5.85. The number of halogens is 1. The Morgan fingerprint density at radius 2 is 2.19 bits per heavy atom. The number of nitrogens with zero attached hydrogens (tertiary/aromatic N) is 3. The molecule has 0 aliphatic carbocycles. The zero-order valence-electron chi connectivity index (χ0n) is 14.5. The zero-order valence-corrected chi connectivity index (χ0v) is 16.1. The van der Waals surface area contributed by atoms with Gasteiger partial charge < -0.3 is 9.32 Å². The molecule has 1 amide bonds. The van der Waals surface area contributed by atoms with E-state index in [-0.39, 0.29) is 11.8 Å². The van der Waals surface area contributed by atoms with E-state index in [1.807, 2.05) is 46.0 Å². The van der Waals surface area contributed by atoms with Gasteiger partial charge in [-0.1, -0.05) is 29.8 Å². The second-order valence-corrected chi connectivity index (χ2v) is 7.62. The fraction of sp³-hybridized carbons (Fsp3) is 0.250. The first-order valence-corrected chi connectivity index (χ1v) is 10.1. The predicted octanol–water partition coefficient (Wildman–Crippen LogP) is 4.87. The van der Waals surface area contributed by atoms with Gasteiger partial charge in [0, 0.05) is 35.1 Å². The molecule has 1 saturated heterocycles. The molecule has 0 saturated carbocycles. The van der Waals surface area contributed by atoms with E-state index in [9.17, 15) is 4.79 Å². The molecule has 1 aliphatic rings. The summed E-state index contributed by atoms with van der Waals surface area (Å²) >= 11 is 7.73. The minimum Gasteiger partial charge on any atom is -0.420 e. The molecule has 2 aromatic heterocycles. The first kappa shape index (κ1) is 17.9. The number of amides is 1. The topological polar surface area (TPSA) is 59.2 Å². The van der Waals surface area contributed by atoms with Gasteiger partial charge in [0.15, 0.2) is 0 Å². The third kappa shape index (κ3) is 4.12. The normalized spacial score (nSPS) is 17.5. The minimum absolute atomic E-state index is 0.0304. The highest BCUT2D eigenvalue weighted by Gasteiger charge is 2.27. The lowest BCUT2D eigenvalue weighted by Crippen LogP contribution is -2.38. The number of carbonyl (C=O) groups is 1. The van der Waals surface area contributed by atoms with Crippen LogP contribution < -0.4 is 0 Å². The van der Waals surface area contributed by atoms with Gasteiger partial charge in [0.2, 0.25) is 17.7 Å². The molecule has 138 valence electrons. The maximum atomic E-state index is 12.6. The summed E-state index contributed by atoms with van der Waals surface area (Å²) in [5.74, 6) is 1.17. The van der Waals surface area contributed by atoms with Crippen molar-refractivity contribution in [3.63, 3.8) is 0 Å². The Morgan fingerprint density at radius 3 is 3.00 bits per heavy atom. The molecule has 5 nitrogen and oxygen atoms in total. The molecule has 0 radical (unpaired) electrons. The highest BCUT2D eigenvalue weighted by atomic mass is 35.5. The van der Waals surface area contributed by atoms with Gasteiger partial charge >= 0.3 is 0 Å². The molecular weight excluding hydrogens is 382 g/mol. The fourth-order valence-electron chi connectivity index (χ4n) is 3.16. The van der Waals surface area contributed by atoms with Crippen LogP contribution in [-0.2, 0) is 4.79 Å². The van der Waals surface area contributed by atoms with Crippen molar-refractivity contribution in [2.24, 2.45) is 0 Å². The molecular formula is C20H18ClN3O2S. The molecule has 3 aromatic rings. The van der Waals surface area contributed by atoms with Crippen molar-refractivity contribution in [3.05, 3.63) is 63.6 Å². The molecule has 3 heterocycles. The number of benzene rings is 1. The lowest BCUT2D eigenvalue weighted by molar-refractivity contribution is -0.127. The van der Waals surface area contributed by atoms with Crippen LogP contribution in [0.15, 0.2) is 51.6 Å². The summed E-state index contributed by atoms with van der Waals surface area (Å²) in [7, 11) is 0. The van der Waals surface area contributed by atoms with Crippen molar-refractivity contribution in [2.45, 2.75) is 18.8 Å². The third-order valence-electron chi connectivity index (χ3n) is 4.60. The number of aromatic nitrogens is 2. The molecule has 1 fully saturated rings. The van der Waals surface area contributed by atoms with Crippen LogP contribution in [-0.4, -0.2) is 34.1 Å². The van der Waals surface area contributed by atoms with Gasteiger partial charge in [-0.2, -0.15) is 11.3 Å². The number of rotatable bonds is 4. The van der Waals surface area contributed by atoms with Gasteiger partial charge in [-0.3, -0.25) is 4.79 Å². The Hall–Kier alpha value is -2.44. The molecule has 7 heteroatoms. The maximum Gasteiger partial charge on any atom is 0.248 e. The van der Waals surface area contributed by atoms with Crippen LogP contribution in [0, 0.1) is 0 Å². The van der Waals surface area contributed by atoms with Crippen LogP contribution in [0.2, 0.25) is 5.02 Å². The Balaban J connectivity index is 1.43. The van der Waals surface area contributed by atoms with E-state index in [0.717, 1.165) is 30.5 Å². The smallest absolute Gasteiger partial charge is 0.248 e. The van der Waals surface area contributed by atoms with Crippen LogP contribution in [0.25, 0.3) is 17.5 Å². The van der Waals surface area contributed by atoms with Crippen molar-refractivity contribution in [2.75, 3.05) is 13.1 Å². The molecule has 0 unspecified atom stereocenters. The molecule has 0 bridgehead atoms. The van der Waals surface area contributed by atoms with Crippen molar-refractivity contribution < 1.29 is 9.21 Å². The summed E-state index contributed by atoms with van der Waals surface area (Å²) in [4.78, 5) is 14.4. The average Bonchev–Trinajstić information content (AvgIpc) is 3.39. The number of hydrogen-bond donors (Lipinski definition) is 0. The largest absolute Gasteiger partial charge is 0.420 e. The van der Waals surface area contributed by atoms with Gasteiger partial charge in [-0.15, -0.1) is 10.2 Å². The van der Waals surface area contributed by atoms with Crippen molar-refractivity contribution in [1.82, 2.24) is 15.1 Å². The molecule has 1 atom stereocenters. The van der Waals surface area contributed by atoms with Crippen molar-refractivity contribution in [3.8, 4) is 11.5 Å².